The van der Waals surface area contributed by atoms with Crippen molar-refractivity contribution in [2.45, 2.75) is 6.42 Å². The van der Waals surface area contributed by atoms with Gasteiger partial charge in [0, 0.05) is 12.4 Å². The number of rotatable bonds is 3. The van der Waals surface area contributed by atoms with E-state index in [1.54, 1.807) is 24.3 Å². The minimum Gasteiger partial charge on any atom is -0.331 e. The fourth-order valence-corrected chi connectivity index (χ4v) is 3.01. The Morgan fingerprint density at radius 3 is 2.54 bits per heavy atom. The summed E-state index contributed by atoms with van der Waals surface area (Å²) in [6.07, 6.45) is -0.00867. The highest BCUT2D eigenvalue weighted by Crippen LogP contribution is 2.14. The summed E-state index contributed by atoms with van der Waals surface area (Å²) in [5, 5.41) is 6.81. The van der Waals surface area contributed by atoms with E-state index in [0.29, 0.717) is 16.6 Å². The third-order valence-corrected chi connectivity index (χ3v) is 4.43. The molecule has 4 rings (SSSR count). The predicted molar refractivity (Wildman–Crippen MR) is 102 cm³/mol. The number of fused-ring (bicyclic) bond motifs is 2. The van der Waals surface area contributed by atoms with E-state index in [1.807, 2.05) is 35.9 Å². The van der Waals surface area contributed by atoms with Crippen molar-refractivity contribution in [1.29, 1.82) is 0 Å². The number of aromatic amines is 1. The molecule has 0 spiro atoms. The van der Waals surface area contributed by atoms with Gasteiger partial charge < -0.3 is 4.57 Å². The Kier molecular flexibility index (Phi) is 4.32. The van der Waals surface area contributed by atoms with Crippen molar-refractivity contribution in [1.82, 2.24) is 30.6 Å². The number of aryl methyl sites for hydroxylation is 1. The summed E-state index contributed by atoms with van der Waals surface area (Å²) in [6, 6.07) is 14.2. The molecule has 0 saturated carbocycles. The van der Waals surface area contributed by atoms with Crippen molar-refractivity contribution in [3.05, 3.63) is 70.4 Å². The smallest absolute Gasteiger partial charge is 0.290 e. The zero-order valence-electron chi connectivity index (χ0n) is 14.9. The summed E-state index contributed by atoms with van der Waals surface area (Å²) in [5.41, 5.74) is 6.01. The summed E-state index contributed by atoms with van der Waals surface area (Å²) in [5.74, 6) is -0.494. The van der Waals surface area contributed by atoms with Crippen LogP contribution in [0.15, 0.2) is 53.3 Å². The number of para-hydroxylation sites is 2. The minimum absolute atomic E-state index is 0.00867. The van der Waals surface area contributed by atoms with Crippen LogP contribution >= 0.6 is 0 Å². The monoisotopic (exact) mass is 376 g/mol. The van der Waals surface area contributed by atoms with Gasteiger partial charge in [-0.05, 0) is 18.2 Å². The standard InChI is InChI=1S/C19H16N6O3/c1-25-14-9-5-4-8-13(14)20-15(25)10-16(26)21-24-19(28)17-11-6-2-3-7-12(11)18(27)23-22-17/h2-9H,10H2,1H3,(H,21,26)(H,23,27)(H,24,28). The van der Waals surface area contributed by atoms with E-state index in [9.17, 15) is 14.4 Å². The zero-order chi connectivity index (χ0) is 19.7. The number of hydrogen-bond donors (Lipinski definition) is 3. The second-order valence-electron chi connectivity index (χ2n) is 6.20. The van der Waals surface area contributed by atoms with Crippen LogP contribution in [0.5, 0.6) is 0 Å². The summed E-state index contributed by atoms with van der Waals surface area (Å²) >= 11 is 0. The molecule has 0 bridgehead atoms. The van der Waals surface area contributed by atoms with Crippen LogP contribution in [-0.4, -0.2) is 31.6 Å². The largest absolute Gasteiger partial charge is 0.331 e. The first-order valence-electron chi connectivity index (χ1n) is 8.51. The SMILES string of the molecule is Cn1c(CC(=O)NNC(=O)c2n[nH]c(=O)c3ccccc23)nc2ccccc21. The first kappa shape index (κ1) is 17.4. The number of carbonyl (C=O) groups excluding carboxylic acids is 2. The molecule has 3 N–H and O–H groups in total. The van der Waals surface area contributed by atoms with E-state index >= 15 is 0 Å². The summed E-state index contributed by atoms with van der Waals surface area (Å²) in [6.45, 7) is 0. The quantitative estimate of drug-likeness (QED) is 0.457. The minimum atomic E-state index is -0.634. The Bertz CT molecular complexity index is 1270. The number of amides is 2. The molecule has 0 aliphatic rings. The molecule has 2 amide bonds. The first-order chi connectivity index (χ1) is 13.5. The number of nitrogens with one attached hydrogen (secondary N) is 3. The van der Waals surface area contributed by atoms with Gasteiger partial charge in [-0.15, -0.1) is 0 Å². The van der Waals surface area contributed by atoms with Gasteiger partial charge in [0.05, 0.1) is 22.8 Å². The molecule has 0 aliphatic carbocycles. The molecule has 2 heterocycles. The number of imidazole rings is 1. The molecule has 0 unspecified atom stereocenters. The molecular weight excluding hydrogens is 360 g/mol. The van der Waals surface area contributed by atoms with Crippen LogP contribution in [0.4, 0.5) is 0 Å². The van der Waals surface area contributed by atoms with E-state index < -0.39 is 17.4 Å². The molecule has 0 radical (unpaired) electrons. The molecule has 0 atom stereocenters. The van der Waals surface area contributed by atoms with Gasteiger partial charge in [-0.1, -0.05) is 30.3 Å². The lowest BCUT2D eigenvalue weighted by atomic mass is 10.1. The molecule has 0 saturated heterocycles. The van der Waals surface area contributed by atoms with Crippen LogP contribution in [-0.2, 0) is 18.3 Å². The van der Waals surface area contributed by atoms with Crippen LogP contribution in [0.3, 0.4) is 0 Å². The lowest BCUT2D eigenvalue weighted by Crippen LogP contribution is -2.43. The molecule has 0 aliphatic heterocycles. The summed E-state index contributed by atoms with van der Waals surface area (Å²) < 4.78 is 1.83. The second-order valence-corrected chi connectivity index (χ2v) is 6.20. The maximum Gasteiger partial charge on any atom is 0.290 e. The second kappa shape index (κ2) is 6.95. The van der Waals surface area contributed by atoms with Crippen LogP contribution in [0.2, 0.25) is 0 Å². The molecule has 0 fully saturated rings. The van der Waals surface area contributed by atoms with Crippen molar-refractivity contribution >= 4 is 33.6 Å². The average Bonchev–Trinajstić information content (AvgIpc) is 3.02. The third kappa shape index (κ3) is 3.09. The predicted octanol–water partition coefficient (Wildman–Crippen LogP) is 0.814. The number of hydrazine groups is 1. The first-order valence-corrected chi connectivity index (χ1v) is 8.51. The molecule has 9 nitrogen and oxygen atoms in total. The Morgan fingerprint density at radius 1 is 1.04 bits per heavy atom. The van der Waals surface area contributed by atoms with Crippen LogP contribution in [0.1, 0.15) is 16.3 Å². The van der Waals surface area contributed by atoms with E-state index in [2.05, 4.69) is 26.0 Å². The molecular formula is C19H16N6O3. The number of benzene rings is 2. The molecule has 9 heteroatoms. The zero-order valence-corrected chi connectivity index (χ0v) is 14.9. The van der Waals surface area contributed by atoms with Crippen molar-refractivity contribution in [2.75, 3.05) is 0 Å². The lowest BCUT2D eigenvalue weighted by molar-refractivity contribution is -0.121. The number of aromatic nitrogens is 4. The molecule has 2 aromatic carbocycles. The fraction of sp³-hybridized carbons (Fsp3) is 0.105. The van der Waals surface area contributed by atoms with Crippen molar-refractivity contribution in [3.63, 3.8) is 0 Å². The summed E-state index contributed by atoms with van der Waals surface area (Å²) in [7, 11) is 1.83. The highest BCUT2D eigenvalue weighted by molar-refractivity contribution is 6.05. The van der Waals surface area contributed by atoms with Crippen LogP contribution in [0, 0.1) is 0 Å². The number of carbonyl (C=O) groups is 2. The maximum absolute atomic E-state index is 12.4. The van der Waals surface area contributed by atoms with Crippen molar-refractivity contribution in [3.8, 4) is 0 Å². The average molecular weight is 376 g/mol. The Morgan fingerprint density at radius 2 is 1.75 bits per heavy atom. The van der Waals surface area contributed by atoms with E-state index in [4.69, 9.17) is 0 Å². The Hall–Kier alpha value is -4.01. The summed E-state index contributed by atoms with van der Waals surface area (Å²) in [4.78, 5) is 40.9. The van der Waals surface area contributed by atoms with Gasteiger partial charge in [-0.2, -0.15) is 5.10 Å². The van der Waals surface area contributed by atoms with E-state index in [-0.39, 0.29) is 12.1 Å². The van der Waals surface area contributed by atoms with Gasteiger partial charge in [0.1, 0.15) is 5.82 Å². The van der Waals surface area contributed by atoms with Gasteiger partial charge in [0.2, 0.25) is 5.91 Å². The Balaban J connectivity index is 1.48. The normalized spacial score (nSPS) is 10.9. The molecule has 2 aromatic heterocycles. The van der Waals surface area contributed by atoms with E-state index in [0.717, 1.165) is 11.0 Å². The molecule has 140 valence electrons. The van der Waals surface area contributed by atoms with Gasteiger partial charge in [0.25, 0.3) is 11.5 Å². The Labute approximate surface area is 158 Å². The van der Waals surface area contributed by atoms with Gasteiger partial charge in [-0.25, -0.2) is 10.1 Å². The molecule has 4 aromatic rings. The molecule has 28 heavy (non-hydrogen) atoms. The number of hydrogen-bond acceptors (Lipinski definition) is 5. The lowest BCUT2D eigenvalue weighted by Gasteiger charge is -2.08. The fourth-order valence-electron chi connectivity index (χ4n) is 3.01. The topological polar surface area (TPSA) is 122 Å². The number of nitrogens with zero attached hydrogens (tertiary/aromatic N) is 3. The van der Waals surface area contributed by atoms with E-state index in [1.165, 1.54) is 0 Å². The van der Waals surface area contributed by atoms with Crippen molar-refractivity contribution in [2.24, 2.45) is 7.05 Å². The third-order valence-electron chi connectivity index (χ3n) is 4.43. The highest BCUT2D eigenvalue weighted by Gasteiger charge is 2.16. The number of H-pyrrole nitrogens is 1. The van der Waals surface area contributed by atoms with Gasteiger partial charge >= 0.3 is 0 Å². The highest BCUT2D eigenvalue weighted by atomic mass is 16.2. The van der Waals surface area contributed by atoms with Crippen molar-refractivity contribution < 1.29 is 9.59 Å². The van der Waals surface area contributed by atoms with Gasteiger partial charge in [0.15, 0.2) is 5.69 Å². The van der Waals surface area contributed by atoms with Gasteiger partial charge in [-0.3, -0.25) is 25.2 Å². The maximum atomic E-state index is 12.4. The van der Waals surface area contributed by atoms with Crippen LogP contribution in [0.25, 0.3) is 21.8 Å². The van der Waals surface area contributed by atoms with Crippen LogP contribution < -0.4 is 16.4 Å².